The Morgan fingerprint density at radius 2 is 1.62 bits per heavy atom. The second-order valence-corrected chi connectivity index (χ2v) is 10.9. The number of halogens is 2. The van der Waals surface area contributed by atoms with Gasteiger partial charge in [0.1, 0.15) is 18.1 Å². The van der Waals surface area contributed by atoms with Gasteiger partial charge in [0, 0.05) is 16.6 Å². The lowest BCUT2D eigenvalue weighted by Crippen LogP contribution is -2.30. The summed E-state index contributed by atoms with van der Waals surface area (Å²) in [5.41, 5.74) is 1.08. The van der Waals surface area contributed by atoms with E-state index in [1.165, 1.54) is 47.5 Å². The van der Waals surface area contributed by atoms with Gasteiger partial charge in [0.2, 0.25) is 0 Å². The first-order chi connectivity index (χ1) is 16.3. The zero-order chi connectivity index (χ0) is 24.1. The quantitative estimate of drug-likeness (QED) is 0.399. The molecule has 1 saturated heterocycles. The minimum Gasteiger partial charge on any atom is -0.508 e. The number of hydrogen-bond acceptors (Lipinski definition) is 5. The summed E-state index contributed by atoms with van der Waals surface area (Å²) >= 11 is 12.2. The van der Waals surface area contributed by atoms with E-state index < -0.39 is 10.0 Å². The molecule has 0 atom stereocenters. The lowest BCUT2D eigenvalue weighted by Gasteiger charge is -2.25. The predicted molar refractivity (Wildman–Crippen MR) is 136 cm³/mol. The van der Waals surface area contributed by atoms with E-state index >= 15 is 0 Å². The summed E-state index contributed by atoms with van der Waals surface area (Å²) in [5, 5.41) is 10.3. The summed E-state index contributed by atoms with van der Waals surface area (Å²) in [6.45, 7) is 3.67. The van der Waals surface area contributed by atoms with Crippen molar-refractivity contribution >= 4 is 38.9 Å². The lowest BCUT2D eigenvalue weighted by atomic mass is 10.2. The van der Waals surface area contributed by atoms with Crippen LogP contribution in [0.1, 0.15) is 18.4 Å². The van der Waals surface area contributed by atoms with Gasteiger partial charge in [0.25, 0.3) is 10.0 Å². The van der Waals surface area contributed by atoms with Gasteiger partial charge in [-0.25, -0.2) is 8.42 Å². The fraction of sp³-hybridized carbons (Fsp3) is 0.280. The number of hydrogen-bond donors (Lipinski definition) is 1. The van der Waals surface area contributed by atoms with Crippen molar-refractivity contribution in [2.75, 3.05) is 30.5 Å². The Bertz CT molecular complexity index is 1210. The van der Waals surface area contributed by atoms with E-state index in [4.69, 9.17) is 27.9 Å². The van der Waals surface area contributed by atoms with Crippen LogP contribution < -0.4 is 9.04 Å². The molecule has 0 amide bonds. The van der Waals surface area contributed by atoms with Crippen LogP contribution in [0.2, 0.25) is 10.0 Å². The highest BCUT2D eigenvalue weighted by Gasteiger charge is 2.26. The fourth-order valence-corrected chi connectivity index (χ4v) is 6.13. The largest absolute Gasteiger partial charge is 0.508 e. The molecule has 9 heteroatoms. The van der Waals surface area contributed by atoms with Gasteiger partial charge >= 0.3 is 0 Å². The van der Waals surface area contributed by atoms with Gasteiger partial charge in [-0.05, 0) is 86.1 Å². The third kappa shape index (κ3) is 6.16. The average molecular weight is 521 g/mol. The molecular weight excluding hydrogens is 495 g/mol. The van der Waals surface area contributed by atoms with E-state index in [1.807, 2.05) is 0 Å². The number of ether oxygens (including phenoxy) is 1. The molecule has 0 aliphatic carbocycles. The molecule has 0 unspecified atom stereocenters. The van der Waals surface area contributed by atoms with Gasteiger partial charge in [-0.2, -0.15) is 0 Å². The predicted octanol–water partition coefficient (Wildman–Crippen LogP) is 5.57. The Hall–Kier alpha value is -2.45. The summed E-state index contributed by atoms with van der Waals surface area (Å²) in [5.74, 6) is 0.728. The zero-order valence-electron chi connectivity index (χ0n) is 18.5. The van der Waals surface area contributed by atoms with Gasteiger partial charge < -0.3 is 9.84 Å². The molecule has 6 nitrogen and oxygen atoms in total. The zero-order valence-corrected chi connectivity index (χ0v) is 20.9. The smallest absolute Gasteiger partial charge is 0.264 e. The molecule has 1 fully saturated rings. The number of aromatic hydroxyl groups is 1. The van der Waals surface area contributed by atoms with Crippen molar-refractivity contribution in [2.45, 2.75) is 24.3 Å². The Morgan fingerprint density at radius 1 is 0.941 bits per heavy atom. The van der Waals surface area contributed by atoms with Crippen molar-refractivity contribution < 1.29 is 18.3 Å². The molecule has 0 radical (unpaired) electrons. The van der Waals surface area contributed by atoms with E-state index in [2.05, 4.69) is 4.90 Å². The number of sulfonamides is 1. The molecule has 0 saturated carbocycles. The number of phenols is 1. The van der Waals surface area contributed by atoms with Gasteiger partial charge in [0.15, 0.2) is 0 Å². The van der Waals surface area contributed by atoms with Crippen LogP contribution in [0, 0.1) is 0 Å². The maximum atomic E-state index is 13.6. The lowest BCUT2D eigenvalue weighted by molar-refractivity contribution is 0.238. The molecule has 0 bridgehead atoms. The molecule has 4 rings (SSSR count). The molecular formula is C25H26Cl2N2O4S. The van der Waals surface area contributed by atoms with Crippen LogP contribution in [0.15, 0.2) is 71.6 Å². The van der Waals surface area contributed by atoms with Gasteiger partial charge in [-0.1, -0.05) is 35.3 Å². The molecule has 0 aromatic heterocycles. The van der Waals surface area contributed by atoms with E-state index in [0.29, 0.717) is 23.6 Å². The van der Waals surface area contributed by atoms with Crippen molar-refractivity contribution in [1.82, 2.24) is 4.90 Å². The standard InChI is InChI=1S/C25H26Cl2N2O4S/c26-20-15-21(27)17-25(16-20)34(31,32)29(18-19-4-3-5-23(30)14-19)22-6-8-24(9-7-22)33-13-12-28-10-1-2-11-28/h3-9,14-17,30H,1-2,10-13,18H2. The molecule has 180 valence electrons. The number of likely N-dealkylation sites (tertiary alicyclic amines) is 1. The number of benzene rings is 3. The normalized spacial score (nSPS) is 14.3. The summed E-state index contributed by atoms with van der Waals surface area (Å²) in [4.78, 5) is 2.35. The summed E-state index contributed by atoms with van der Waals surface area (Å²) in [7, 11) is -4.02. The molecule has 3 aromatic carbocycles. The number of anilines is 1. The van der Waals surface area contributed by atoms with E-state index in [0.717, 1.165) is 19.6 Å². The molecule has 1 N–H and O–H groups in total. The molecule has 1 aliphatic heterocycles. The minimum atomic E-state index is -4.02. The van der Waals surface area contributed by atoms with Crippen molar-refractivity contribution in [2.24, 2.45) is 0 Å². The Labute approximate surface area is 210 Å². The van der Waals surface area contributed by atoms with Crippen molar-refractivity contribution in [1.29, 1.82) is 0 Å². The Kier molecular flexibility index (Phi) is 7.88. The number of phenolic OH excluding ortho intramolecular Hbond substituents is 1. The van der Waals surface area contributed by atoms with Gasteiger partial charge in [0.05, 0.1) is 17.1 Å². The van der Waals surface area contributed by atoms with Crippen LogP contribution in [0.3, 0.4) is 0 Å². The third-order valence-corrected chi connectivity index (χ3v) is 7.85. The average Bonchev–Trinajstić information content (AvgIpc) is 3.31. The van der Waals surface area contributed by atoms with Gasteiger partial charge in [-0.15, -0.1) is 0 Å². The Morgan fingerprint density at radius 3 is 2.26 bits per heavy atom. The Balaban J connectivity index is 1.59. The molecule has 3 aromatic rings. The van der Waals surface area contributed by atoms with Crippen LogP contribution >= 0.6 is 23.2 Å². The molecule has 1 heterocycles. The topological polar surface area (TPSA) is 70.1 Å². The number of rotatable bonds is 9. The molecule has 0 spiro atoms. The second kappa shape index (κ2) is 10.9. The van der Waals surface area contributed by atoms with Crippen molar-refractivity contribution in [3.05, 3.63) is 82.3 Å². The maximum absolute atomic E-state index is 13.6. The van der Waals surface area contributed by atoms with Gasteiger partial charge in [-0.3, -0.25) is 9.21 Å². The third-order valence-electron chi connectivity index (χ3n) is 5.66. The van der Waals surface area contributed by atoms with Crippen LogP contribution in [-0.4, -0.2) is 44.7 Å². The van der Waals surface area contributed by atoms with Crippen molar-refractivity contribution in [3.63, 3.8) is 0 Å². The first kappa shape index (κ1) is 24.7. The summed E-state index contributed by atoms with van der Waals surface area (Å²) in [6, 6.07) is 17.6. The van der Waals surface area contributed by atoms with E-state index in [-0.39, 0.29) is 27.2 Å². The summed E-state index contributed by atoms with van der Waals surface area (Å²) < 4.78 is 34.4. The molecule has 1 aliphatic rings. The van der Waals surface area contributed by atoms with E-state index in [1.54, 1.807) is 36.4 Å². The summed E-state index contributed by atoms with van der Waals surface area (Å²) in [6.07, 6.45) is 2.46. The van der Waals surface area contributed by atoms with Crippen LogP contribution in [0.5, 0.6) is 11.5 Å². The SMILES string of the molecule is O=S(=O)(c1cc(Cl)cc(Cl)c1)N(Cc1cccc(O)c1)c1ccc(OCCN2CCCC2)cc1. The highest BCUT2D eigenvalue weighted by molar-refractivity contribution is 7.92. The molecule has 34 heavy (non-hydrogen) atoms. The van der Waals surface area contributed by atoms with Crippen LogP contribution in [0.4, 0.5) is 5.69 Å². The number of nitrogens with zero attached hydrogens (tertiary/aromatic N) is 2. The van der Waals surface area contributed by atoms with Crippen LogP contribution in [0.25, 0.3) is 0 Å². The van der Waals surface area contributed by atoms with Crippen molar-refractivity contribution in [3.8, 4) is 11.5 Å². The second-order valence-electron chi connectivity index (χ2n) is 8.18. The minimum absolute atomic E-state index is 0.00995. The monoisotopic (exact) mass is 520 g/mol. The van der Waals surface area contributed by atoms with E-state index in [9.17, 15) is 13.5 Å². The maximum Gasteiger partial charge on any atom is 0.264 e. The fourth-order valence-electron chi connectivity index (χ4n) is 3.95. The first-order valence-electron chi connectivity index (χ1n) is 11.0. The highest BCUT2D eigenvalue weighted by atomic mass is 35.5. The first-order valence-corrected chi connectivity index (χ1v) is 13.2. The highest BCUT2D eigenvalue weighted by Crippen LogP contribution is 2.31. The van der Waals surface area contributed by atoms with Crippen LogP contribution in [-0.2, 0) is 16.6 Å².